The Labute approximate surface area is 224 Å². The highest BCUT2D eigenvalue weighted by Gasteiger charge is 2.12. The zero-order valence-corrected chi connectivity index (χ0v) is 21.9. The monoisotopic (exact) mass is 529 g/mol. The molecule has 1 N–H and O–H groups in total. The minimum absolute atomic E-state index is 0.203. The summed E-state index contributed by atoms with van der Waals surface area (Å²) in [5.41, 5.74) is 4.07. The molecule has 5 rings (SSSR count). The summed E-state index contributed by atoms with van der Waals surface area (Å²) in [6.07, 6.45) is 0. The van der Waals surface area contributed by atoms with Crippen LogP contribution < -0.4 is 14.8 Å². The number of thioether (sulfide) groups is 1. The molecule has 2 aromatic heterocycles. The van der Waals surface area contributed by atoms with E-state index in [1.54, 1.807) is 28.2 Å². The molecule has 0 bridgehead atoms. The second kappa shape index (κ2) is 12.3. The molecule has 11 nitrogen and oxygen atoms in total. The predicted octanol–water partition coefficient (Wildman–Crippen LogP) is 3.42. The number of hydrogen-bond donors (Lipinski definition) is 1. The van der Waals surface area contributed by atoms with Gasteiger partial charge < -0.3 is 14.8 Å². The van der Waals surface area contributed by atoms with Crippen LogP contribution in [0.4, 0.5) is 0 Å². The van der Waals surface area contributed by atoms with Gasteiger partial charge in [-0.3, -0.25) is 0 Å². The van der Waals surface area contributed by atoms with Crippen molar-refractivity contribution in [2.75, 3.05) is 19.4 Å². The fourth-order valence-electron chi connectivity index (χ4n) is 3.71. The van der Waals surface area contributed by atoms with E-state index in [-0.39, 0.29) is 6.61 Å². The van der Waals surface area contributed by atoms with Crippen molar-refractivity contribution in [2.45, 2.75) is 25.2 Å². The molecule has 0 saturated heterocycles. The smallest absolute Gasteiger partial charge is 0.214 e. The van der Waals surface area contributed by atoms with Gasteiger partial charge in [0.1, 0.15) is 0 Å². The van der Waals surface area contributed by atoms with E-state index >= 15 is 0 Å². The average molecular weight is 530 g/mol. The lowest BCUT2D eigenvalue weighted by atomic mass is 10.2. The topological polar surface area (TPSA) is 118 Å². The number of hydrogen-bond acceptors (Lipinski definition) is 10. The van der Waals surface area contributed by atoms with Crippen molar-refractivity contribution in [1.82, 2.24) is 45.7 Å². The first-order valence-corrected chi connectivity index (χ1v) is 13.0. The number of nitrogens with one attached hydrogen (secondary N) is 1. The van der Waals surface area contributed by atoms with Crippen LogP contribution in [-0.4, -0.2) is 59.8 Å². The predicted molar refractivity (Wildman–Crippen MR) is 143 cm³/mol. The van der Waals surface area contributed by atoms with E-state index in [0.29, 0.717) is 23.9 Å². The summed E-state index contributed by atoms with van der Waals surface area (Å²) in [7, 11) is 1.63. The summed E-state index contributed by atoms with van der Waals surface area (Å²) in [5, 5.41) is 28.3. The molecular weight excluding hydrogens is 502 g/mol. The van der Waals surface area contributed by atoms with Crippen LogP contribution in [-0.2, 0) is 13.2 Å². The minimum Gasteiger partial charge on any atom is -0.493 e. The molecule has 0 aliphatic heterocycles. The van der Waals surface area contributed by atoms with Crippen LogP contribution in [0.3, 0.4) is 0 Å². The molecule has 38 heavy (non-hydrogen) atoms. The molecule has 0 amide bonds. The molecule has 0 atom stereocenters. The zero-order valence-electron chi connectivity index (χ0n) is 21.1. The number of methoxy groups -OCH3 is 1. The molecule has 0 fully saturated rings. The van der Waals surface area contributed by atoms with Crippen molar-refractivity contribution in [3.05, 3.63) is 89.7 Å². The highest BCUT2D eigenvalue weighted by Crippen LogP contribution is 2.29. The van der Waals surface area contributed by atoms with Crippen molar-refractivity contribution >= 4 is 11.8 Å². The van der Waals surface area contributed by atoms with E-state index in [1.807, 2.05) is 79.7 Å². The van der Waals surface area contributed by atoms with Gasteiger partial charge in [-0.15, -0.1) is 10.2 Å². The van der Waals surface area contributed by atoms with Gasteiger partial charge in [-0.25, -0.2) is 0 Å². The third-order valence-corrected chi connectivity index (χ3v) is 6.60. The fraction of sp³-hybridized carbons (Fsp3) is 0.231. The molecule has 12 heteroatoms. The highest BCUT2D eigenvalue weighted by atomic mass is 32.2. The standard InChI is InChI=1S/C26H27N9O2S/c1-19-8-11-22(12-9-19)34-25(28-30-32-34)18-37-23-13-10-20(16-24(23)36-2)17-27-14-15-38-26-29-31-33-35(26)21-6-4-3-5-7-21/h3-13,16,27H,14-15,17-18H2,1-2H3. The van der Waals surface area contributed by atoms with Gasteiger partial charge in [0.2, 0.25) is 5.16 Å². The number of ether oxygens (including phenoxy) is 2. The first-order valence-electron chi connectivity index (χ1n) is 12.0. The Morgan fingerprint density at radius 2 is 1.61 bits per heavy atom. The first-order chi connectivity index (χ1) is 18.7. The molecular formula is C26H27N9O2S. The molecule has 0 spiro atoms. The summed E-state index contributed by atoms with van der Waals surface area (Å²) in [5.74, 6) is 2.69. The Morgan fingerprint density at radius 1 is 0.842 bits per heavy atom. The lowest BCUT2D eigenvalue weighted by Gasteiger charge is -2.13. The number of nitrogens with zero attached hydrogens (tertiary/aromatic N) is 8. The Kier molecular flexibility index (Phi) is 8.21. The minimum atomic E-state index is 0.203. The van der Waals surface area contributed by atoms with E-state index in [0.717, 1.165) is 34.4 Å². The first kappa shape index (κ1) is 25.4. The SMILES string of the molecule is COc1cc(CNCCSc2nnnn2-c2ccccc2)ccc1OCc1nnnn1-c1ccc(C)cc1. The Balaban J connectivity index is 1.12. The van der Waals surface area contributed by atoms with Crippen LogP contribution in [0.1, 0.15) is 17.0 Å². The van der Waals surface area contributed by atoms with Crippen LogP contribution in [0.2, 0.25) is 0 Å². The summed E-state index contributed by atoms with van der Waals surface area (Å²) in [6.45, 7) is 3.71. The average Bonchev–Trinajstić information content (AvgIpc) is 3.63. The van der Waals surface area contributed by atoms with Gasteiger partial charge in [-0.05, 0) is 69.7 Å². The maximum atomic E-state index is 6.01. The van der Waals surface area contributed by atoms with Crippen LogP contribution >= 0.6 is 11.8 Å². The van der Waals surface area contributed by atoms with Gasteiger partial charge in [0.15, 0.2) is 23.9 Å². The number of aromatic nitrogens is 8. The largest absolute Gasteiger partial charge is 0.493 e. The maximum Gasteiger partial charge on any atom is 0.214 e. The molecule has 3 aromatic carbocycles. The fourth-order valence-corrected chi connectivity index (χ4v) is 4.50. The van der Waals surface area contributed by atoms with E-state index in [9.17, 15) is 0 Å². The van der Waals surface area contributed by atoms with E-state index in [1.165, 1.54) is 5.56 Å². The van der Waals surface area contributed by atoms with Gasteiger partial charge in [0.05, 0.1) is 18.5 Å². The highest BCUT2D eigenvalue weighted by molar-refractivity contribution is 7.99. The van der Waals surface area contributed by atoms with Gasteiger partial charge >= 0.3 is 0 Å². The molecule has 0 saturated carbocycles. The van der Waals surface area contributed by atoms with E-state index in [4.69, 9.17) is 9.47 Å². The summed E-state index contributed by atoms with van der Waals surface area (Å²) < 4.78 is 15.0. The third kappa shape index (κ3) is 6.15. The summed E-state index contributed by atoms with van der Waals surface area (Å²) >= 11 is 1.60. The van der Waals surface area contributed by atoms with Crippen LogP contribution in [0.15, 0.2) is 78.0 Å². The number of rotatable bonds is 12. The van der Waals surface area contributed by atoms with Gasteiger partial charge in [0.25, 0.3) is 0 Å². The molecule has 0 radical (unpaired) electrons. The maximum absolute atomic E-state index is 6.01. The number of benzene rings is 3. The molecule has 0 unspecified atom stereocenters. The van der Waals surface area contributed by atoms with E-state index < -0.39 is 0 Å². The lowest BCUT2D eigenvalue weighted by molar-refractivity contribution is 0.273. The van der Waals surface area contributed by atoms with Crippen molar-refractivity contribution in [1.29, 1.82) is 0 Å². The van der Waals surface area contributed by atoms with Gasteiger partial charge in [-0.2, -0.15) is 9.36 Å². The molecule has 194 valence electrons. The number of tetrazole rings is 2. The summed E-state index contributed by atoms with van der Waals surface area (Å²) in [4.78, 5) is 0. The molecule has 0 aliphatic rings. The number of para-hydroxylation sites is 1. The molecule has 5 aromatic rings. The van der Waals surface area contributed by atoms with Crippen LogP contribution in [0.5, 0.6) is 11.5 Å². The normalized spacial score (nSPS) is 11.0. The molecule has 0 aliphatic carbocycles. The Hall–Kier alpha value is -4.29. The van der Waals surface area contributed by atoms with Gasteiger partial charge in [0, 0.05) is 18.8 Å². The number of aryl methyl sites for hydroxylation is 1. The Bertz CT molecular complexity index is 1460. The van der Waals surface area contributed by atoms with Crippen molar-refractivity contribution in [3.8, 4) is 22.9 Å². The lowest BCUT2D eigenvalue weighted by Crippen LogP contribution is -2.17. The molecule has 2 heterocycles. The van der Waals surface area contributed by atoms with Crippen LogP contribution in [0.25, 0.3) is 11.4 Å². The quantitative estimate of drug-likeness (QED) is 0.190. The van der Waals surface area contributed by atoms with Crippen LogP contribution in [0, 0.1) is 6.92 Å². The van der Waals surface area contributed by atoms with Crippen molar-refractivity contribution in [2.24, 2.45) is 0 Å². The second-order valence-corrected chi connectivity index (χ2v) is 9.41. The van der Waals surface area contributed by atoms with Crippen molar-refractivity contribution < 1.29 is 9.47 Å². The zero-order chi connectivity index (χ0) is 26.2. The van der Waals surface area contributed by atoms with Gasteiger partial charge in [-0.1, -0.05) is 53.7 Å². The third-order valence-electron chi connectivity index (χ3n) is 5.68. The second-order valence-electron chi connectivity index (χ2n) is 8.35. The van der Waals surface area contributed by atoms with E-state index in [2.05, 4.69) is 36.4 Å². The summed E-state index contributed by atoms with van der Waals surface area (Å²) in [6, 6.07) is 23.7. The Morgan fingerprint density at radius 3 is 2.42 bits per heavy atom. The van der Waals surface area contributed by atoms with Crippen molar-refractivity contribution in [3.63, 3.8) is 0 Å².